The first-order valence-corrected chi connectivity index (χ1v) is 8.96. The number of amides is 1. The molecule has 2 aliphatic rings. The predicted octanol–water partition coefficient (Wildman–Crippen LogP) is 4.81. The third-order valence-corrected chi connectivity index (χ3v) is 5.39. The zero-order chi connectivity index (χ0) is 18.4. The Balaban J connectivity index is 1.94. The molecule has 1 fully saturated rings. The van der Waals surface area contributed by atoms with Gasteiger partial charge in [0.25, 0.3) is 0 Å². The van der Waals surface area contributed by atoms with Crippen LogP contribution in [0.4, 0.5) is 19.3 Å². The summed E-state index contributed by atoms with van der Waals surface area (Å²) in [5, 5.41) is 11.7. The van der Waals surface area contributed by atoms with Crippen LogP contribution in [0.25, 0.3) is 0 Å². The predicted molar refractivity (Wildman–Crippen MR) is 94.8 cm³/mol. The van der Waals surface area contributed by atoms with Crippen molar-refractivity contribution in [3.05, 3.63) is 52.0 Å². The molecule has 0 aromatic heterocycles. The first kappa shape index (κ1) is 17.1. The lowest BCUT2D eigenvalue weighted by Crippen LogP contribution is -2.49. The number of hydrogen-bond donors (Lipinski definition) is 2. The highest BCUT2D eigenvalue weighted by Crippen LogP contribution is 2.49. The number of nitrogens with one attached hydrogen (secondary N) is 1. The fraction of sp³-hybridized carbons (Fsp3) is 0.278. The Morgan fingerprint density at radius 3 is 2.88 bits per heavy atom. The summed E-state index contributed by atoms with van der Waals surface area (Å²) in [5.41, 5.74) is 1.13. The van der Waals surface area contributed by atoms with Crippen molar-refractivity contribution in [1.29, 1.82) is 0 Å². The van der Waals surface area contributed by atoms with Crippen LogP contribution in [0.5, 0.6) is 11.5 Å². The van der Waals surface area contributed by atoms with E-state index in [1.54, 1.807) is 18.2 Å². The van der Waals surface area contributed by atoms with E-state index in [1.165, 1.54) is 12.1 Å². The highest BCUT2D eigenvalue weighted by atomic mass is 79.9. The minimum absolute atomic E-state index is 0.00191. The molecule has 2 atom stereocenters. The van der Waals surface area contributed by atoms with Crippen LogP contribution in [0, 0.1) is 11.6 Å². The average Bonchev–Trinajstić information content (AvgIpc) is 2.72. The molecule has 136 valence electrons. The number of para-hydroxylation sites is 1. The third-order valence-electron chi connectivity index (χ3n) is 4.78. The van der Waals surface area contributed by atoms with Crippen molar-refractivity contribution in [2.75, 3.05) is 11.4 Å². The number of carboxylic acid groups (broad SMARTS) is 1. The van der Waals surface area contributed by atoms with Gasteiger partial charge in [-0.3, -0.25) is 0 Å². The summed E-state index contributed by atoms with van der Waals surface area (Å²) >= 11 is 3.18. The first-order valence-electron chi connectivity index (χ1n) is 8.17. The molecule has 2 aromatic rings. The van der Waals surface area contributed by atoms with Crippen molar-refractivity contribution in [3.8, 4) is 11.5 Å². The molecule has 0 spiro atoms. The molecule has 2 aliphatic heterocycles. The van der Waals surface area contributed by atoms with Gasteiger partial charge in [0, 0.05) is 18.2 Å². The Kier molecular flexibility index (Phi) is 4.22. The normalized spacial score (nSPS) is 21.0. The maximum Gasteiger partial charge on any atom is 0.404 e. The Bertz CT molecular complexity index is 893. The molecule has 8 heteroatoms. The maximum absolute atomic E-state index is 14.5. The SMILES string of the molecule is O=C(O)N[C@@H]1CCCN2c3cc(Br)c(F)cc3Oc3c(F)cccc3[C@@H]12. The third kappa shape index (κ3) is 2.78. The fourth-order valence-corrected chi connectivity index (χ4v) is 4.09. The monoisotopic (exact) mass is 424 g/mol. The van der Waals surface area contributed by atoms with E-state index in [0.717, 1.165) is 6.42 Å². The highest BCUT2D eigenvalue weighted by molar-refractivity contribution is 9.10. The summed E-state index contributed by atoms with van der Waals surface area (Å²) in [6.07, 6.45) is 0.210. The molecule has 1 amide bonds. The second-order valence-corrected chi connectivity index (χ2v) is 7.19. The van der Waals surface area contributed by atoms with Crippen LogP contribution in [0.15, 0.2) is 34.8 Å². The molecular weight excluding hydrogens is 410 g/mol. The summed E-state index contributed by atoms with van der Waals surface area (Å²) in [4.78, 5) is 13.2. The Hall–Kier alpha value is -2.35. The lowest BCUT2D eigenvalue weighted by atomic mass is 9.89. The van der Waals surface area contributed by atoms with Gasteiger partial charge in [-0.2, -0.15) is 0 Å². The lowest BCUT2D eigenvalue weighted by Gasteiger charge is -2.42. The van der Waals surface area contributed by atoms with E-state index in [4.69, 9.17) is 4.74 Å². The molecule has 4 rings (SSSR count). The number of carbonyl (C=O) groups is 1. The van der Waals surface area contributed by atoms with Gasteiger partial charge in [-0.25, -0.2) is 13.6 Å². The molecule has 2 heterocycles. The summed E-state index contributed by atoms with van der Waals surface area (Å²) in [5.74, 6) is -0.881. The van der Waals surface area contributed by atoms with Crippen molar-refractivity contribution in [1.82, 2.24) is 5.32 Å². The number of halogens is 3. The second kappa shape index (κ2) is 6.42. The van der Waals surface area contributed by atoms with Gasteiger partial charge in [0.2, 0.25) is 0 Å². The zero-order valence-electron chi connectivity index (χ0n) is 13.5. The average molecular weight is 425 g/mol. The molecule has 0 aliphatic carbocycles. The standard InChI is InChI=1S/C18H15BrF2N2O3/c19-10-7-14-15(8-12(10)21)26-17-9(3-1-4-11(17)20)16-13(22-18(24)25)5-2-6-23(14)16/h1,3-4,7-8,13,16,22H,2,5-6H2,(H,24,25)/t13-,16+/m1/s1. The van der Waals surface area contributed by atoms with Crippen LogP contribution in [-0.2, 0) is 0 Å². The van der Waals surface area contributed by atoms with Gasteiger partial charge in [0.15, 0.2) is 17.3 Å². The number of piperidine rings is 1. The molecule has 2 aromatic carbocycles. The number of benzene rings is 2. The van der Waals surface area contributed by atoms with Gasteiger partial charge < -0.3 is 20.1 Å². The second-order valence-electron chi connectivity index (χ2n) is 6.33. The number of ether oxygens (including phenoxy) is 1. The van der Waals surface area contributed by atoms with Gasteiger partial charge in [-0.1, -0.05) is 12.1 Å². The van der Waals surface area contributed by atoms with E-state index in [-0.39, 0.29) is 16.0 Å². The van der Waals surface area contributed by atoms with E-state index >= 15 is 0 Å². The molecule has 5 nitrogen and oxygen atoms in total. The van der Waals surface area contributed by atoms with Crippen LogP contribution in [-0.4, -0.2) is 23.8 Å². The summed E-state index contributed by atoms with van der Waals surface area (Å²) in [6, 6.07) is 6.45. The van der Waals surface area contributed by atoms with E-state index < -0.39 is 29.8 Å². The Labute approximate surface area is 156 Å². The van der Waals surface area contributed by atoms with Gasteiger partial charge >= 0.3 is 6.09 Å². The summed E-state index contributed by atoms with van der Waals surface area (Å²) in [6.45, 7) is 0.618. The summed E-state index contributed by atoms with van der Waals surface area (Å²) < 4.78 is 34.6. The van der Waals surface area contributed by atoms with E-state index in [2.05, 4.69) is 21.2 Å². The molecule has 0 unspecified atom stereocenters. The van der Waals surface area contributed by atoms with Crippen molar-refractivity contribution in [2.45, 2.75) is 24.9 Å². The quantitative estimate of drug-likeness (QED) is 0.689. The molecular formula is C18H15BrF2N2O3. The maximum atomic E-state index is 14.5. The minimum Gasteiger partial charge on any atom is -0.465 e. The fourth-order valence-electron chi connectivity index (χ4n) is 3.76. The zero-order valence-corrected chi connectivity index (χ0v) is 15.1. The van der Waals surface area contributed by atoms with Crippen molar-refractivity contribution in [3.63, 3.8) is 0 Å². The Morgan fingerprint density at radius 1 is 1.31 bits per heavy atom. The van der Waals surface area contributed by atoms with Gasteiger partial charge in [-0.05, 0) is 40.9 Å². The summed E-state index contributed by atoms with van der Waals surface area (Å²) in [7, 11) is 0. The molecule has 0 saturated carbocycles. The van der Waals surface area contributed by atoms with E-state index in [9.17, 15) is 18.7 Å². The van der Waals surface area contributed by atoms with E-state index in [1.807, 2.05) is 4.90 Å². The number of fused-ring (bicyclic) bond motifs is 5. The van der Waals surface area contributed by atoms with Crippen molar-refractivity contribution >= 4 is 27.7 Å². The molecule has 0 bridgehead atoms. The van der Waals surface area contributed by atoms with E-state index in [0.29, 0.717) is 24.2 Å². The van der Waals surface area contributed by atoms with Crippen LogP contribution in [0.1, 0.15) is 24.4 Å². The topological polar surface area (TPSA) is 61.8 Å². The highest BCUT2D eigenvalue weighted by Gasteiger charge is 2.40. The number of rotatable bonds is 1. The largest absolute Gasteiger partial charge is 0.465 e. The first-order chi connectivity index (χ1) is 12.5. The van der Waals surface area contributed by atoms with Crippen LogP contribution >= 0.6 is 15.9 Å². The number of nitrogens with zero attached hydrogens (tertiary/aromatic N) is 1. The van der Waals surface area contributed by atoms with Crippen molar-refractivity contribution < 1.29 is 23.4 Å². The Morgan fingerprint density at radius 2 is 2.12 bits per heavy atom. The minimum atomic E-state index is -1.14. The smallest absolute Gasteiger partial charge is 0.404 e. The van der Waals surface area contributed by atoms with Crippen LogP contribution in [0.3, 0.4) is 0 Å². The number of anilines is 1. The lowest BCUT2D eigenvalue weighted by molar-refractivity contribution is 0.184. The molecule has 0 radical (unpaired) electrons. The molecule has 26 heavy (non-hydrogen) atoms. The van der Waals surface area contributed by atoms with Crippen LogP contribution in [0.2, 0.25) is 0 Å². The molecule has 1 saturated heterocycles. The van der Waals surface area contributed by atoms with Gasteiger partial charge in [0.1, 0.15) is 5.82 Å². The molecule has 2 N–H and O–H groups in total. The van der Waals surface area contributed by atoms with Gasteiger partial charge in [-0.15, -0.1) is 0 Å². The number of hydrogen-bond acceptors (Lipinski definition) is 3. The van der Waals surface area contributed by atoms with Crippen molar-refractivity contribution in [2.24, 2.45) is 0 Å². The van der Waals surface area contributed by atoms with Gasteiger partial charge in [0.05, 0.1) is 22.2 Å². The van der Waals surface area contributed by atoms with Crippen LogP contribution < -0.4 is 15.0 Å².